The van der Waals surface area contributed by atoms with Crippen molar-refractivity contribution < 1.29 is 23.5 Å². The van der Waals surface area contributed by atoms with Crippen LogP contribution in [0.1, 0.15) is 19.8 Å². The fraction of sp³-hybridized carbons (Fsp3) is 0.500. The van der Waals surface area contributed by atoms with E-state index in [2.05, 4.69) is 0 Å². The van der Waals surface area contributed by atoms with Crippen molar-refractivity contribution in [3.8, 4) is 5.75 Å². The number of hydrogen-bond donors (Lipinski definition) is 0. The van der Waals surface area contributed by atoms with Gasteiger partial charge in [0.2, 0.25) is 0 Å². The number of esters is 1. The first kappa shape index (κ1) is 16.3. The number of ether oxygens (including phenoxy) is 2. The number of benzene rings is 1. The number of hydrogen-bond acceptors (Lipinski definition) is 4. The summed E-state index contributed by atoms with van der Waals surface area (Å²) in [5.74, 6) is -0.839. The molecule has 2 rings (SSSR count). The van der Waals surface area contributed by atoms with Crippen molar-refractivity contribution in [1.82, 2.24) is 4.90 Å². The molecular weight excluding hydrogens is 289 g/mol. The highest BCUT2D eigenvalue weighted by Crippen LogP contribution is 2.18. The average Bonchev–Trinajstić information content (AvgIpc) is 2.53. The summed E-state index contributed by atoms with van der Waals surface area (Å²) in [6.45, 7) is 2.88. The maximum absolute atomic E-state index is 13.0. The molecule has 22 heavy (non-hydrogen) atoms. The molecule has 0 N–H and O–H groups in total. The van der Waals surface area contributed by atoms with Gasteiger partial charge in [-0.3, -0.25) is 9.59 Å². The number of piperidine rings is 1. The van der Waals surface area contributed by atoms with Crippen LogP contribution in [0.25, 0.3) is 0 Å². The molecule has 0 saturated carbocycles. The van der Waals surface area contributed by atoms with Crippen LogP contribution in [0.5, 0.6) is 5.75 Å². The van der Waals surface area contributed by atoms with Gasteiger partial charge in [-0.15, -0.1) is 0 Å². The predicted molar refractivity (Wildman–Crippen MR) is 77.8 cm³/mol. The SMILES string of the molecule is CCOC(=O)C1CCCN(C(=O)COc2cccc(F)c2)C1. The summed E-state index contributed by atoms with van der Waals surface area (Å²) in [5.41, 5.74) is 0. The zero-order chi connectivity index (χ0) is 15.9. The van der Waals surface area contributed by atoms with Crippen LogP contribution >= 0.6 is 0 Å². The lowest BCUT2D eigenvalue weighted by Crippen LogP contribution is -2.44. The van der Waals surface area contributed by atoms with Crippen molar-refractivity contribution in [2.24, 2.45) is 5.92 Å². The van der Waals surface area contributed by atoms with Gasteiger partial charge < -0.3 is 14.4 Å². The summed E-state index contributed by atoms with van der Waals surface area (Å²) in [6, 6.07) is 5.65. The number of halogens is 1. The van der Waals surface area contributed by atoms with Crippen LogP contribution in [-0.4, -0.2) is 43.1 Å². The maximum Gasteiger partial charge on any atom is 0.310 e. The van der Waals surface area contributed by atoms with E-state index in [0.717, 1.165) is 12.8 Å². The number of amides is 1. The van der Waals surface area contributed by atoms with E-state index in [-0.39, 0.29) is 24.4 Å². The fourth-order valence-electron chi connectivity index (χ4n) is 2.45. The number of nitrogens with zero attached hydrogens (tertiary/aromatic N) is 1. The Hall–Kier alpha value is -2.11. The smallest absolute Gasteiger partial charge is 0.310 e. The van der Waals surface area contributed by atoms with Gasteiger partial charge in [-0.25, -0.2) is 4.39 Å². The third-order valence-corrected chi connectivity index (χ3v) is 3.55. The molecule has 0 spiro atoms. The van der Waals surface area contributed by atoms with E-state index in [1.165, 1.54) is 18.2 Å². The van der Waals surface area contributed by atoms with Crippen molar-refractivity contribution in [3.63, 3.8) is 0 Å². The van der Waals surface area contributed by atoms with E-state index in [1.54, 1.807) is 17.9 Å². The van der Waals surface area contributed by atoms with Gasteiger partial charge in [-0.05, 0) is 31.9 Å². The van der Waals surface area contributed by atoms with E-state index in [0.29, 0.717) is 25.4 Å². The molecule has 0 aromatic heterocycles. The molecule has 1 aliphatic heterocycles. The number of likely N-dealkylation sites (tertiary alicyclic amines) is 1. The molecule has 1 aliphatic rings. The molecule has 5 nitrogen and oxygen atoms in total. The van der Waals surface area contributed by atoms with Crippen LogP contribution in [0.4, 0.5) is 4.39 Å². The van der Waals surface area contributed by atoms with E-state index in [9.17, 15) is 14.0 Å². The van der Waals surface area contributed by atoms with Crippen molar-refractivity contribution >= 4 is 11.9 Å². The van der Waals surface area contributed by atoms with Gasteiger partial charge in [-0.1, -0.05) is 6.07 Å². The van der Waals surface area contributed by atoms with Crippen molar-refractivity contribution in [3.05, 3.63) is 30.1 Å². The number of rotatable bonds is 5. The monoisotopic (exact) mass is 309 g/mol. The lowest BCUT2D eigenvalue weighted by Gasteiger charge is -2.31. The van der Waals surface area contributed by atoms with Crippen LogP contribution in [0.15, 0.2) is 24.3 Å². The van der Waals surface area contributed by atoms with E-state index in [4.69, 9.17) is 9.47 Å². The Labute approximate surface area is 129 Å². The lowest BCUT2D eigenvalue weighted by atomic mass is 9.98. The molecule has 1 heterocycles. The molecule has 1 saturated heterocycles. The van der Waals surface area contributed by atoms with Gasteiger partial charge in [0.05, 0.1) is 12.5 Å². The Morgan fingerprint density at radius 2 is 2.23 bits per heavy atom. The zero-order valence-electron chi connectivity index (χ0n) is 12.6. The second kappa shape index (κ2) is 7.77. The Morgan fingerprint density at radius 1 is 1.41 bits per heavy atom. The molecule has 6 heteroatoms. The van der Waals surface area contributed by atoms with Crippen molar-refractivity contribution in [2.45, 2.75) is 19.8 Å². The van der Waals surface area contributed by atoms with Crippen LogP contribution in [0, 0.1) is 11.7 Å². The normalized spacial score (nSPS) is 17.9. The van der Waals surface area contributed by atoms with E-state index >= 15 is 0 Å². The van der Waals surface area contributed by atoms with Crippen LogP contribution in [-0.2, 0) is 14.3 Å². The van der Waals surface area contributed by atoms with Crippen LogP contribution in [0.2, 0.25) is 0 Å². The summed E-state index contributed by atoms with van der Waals surface area (Å²) in [5, 5.41) is 0. The molecule has 1 aromatic carbocycles. The lowest BCUT2D eigenvalue weighted by molar-refractivity contribution is -0.151. The van der Waals surface area contributed by atoms with E-state index in [1.807, 2.05) is 0 Å². The van der Waals surface area contributed by atoms with Gasteiger partial charge in [-0.2, -0.15) is 0 Å². The fourth-order valence-corrected chi connectivity index (χ4v) is 2.45. The number of carbonyl (C=O) groups excluding carboxylic acids is 2. The predicted octanol–water partition coefficient (Wildman–Crippen LogP) is 2.01. The van der Waals surface area contributed by atoms with Gasteiger partial charge in [0.25, 0.3) is 5.91 Å². The molecule has 120 valence electrons. The molecule has 0 aliphatic carbocycles. The Kier molecular flexibility index (Phi) is 5.75. The Bertz CT molecular complexity index is 535. The molecule has 1 fully saturated rings. The highest BCUT2D eigenvalue weighted by atomic mass is 19.1. The Balaban J connectivity index is 1.85. The summed E-state index contributed by atoms with van der Waals surface area (Å²) in [7, 11) is 0. The van der Waals surface area contributed by atoms with E-state index < -0.39 is 5.82 Å². The van der Waals surface area contributed by atoms with Crippen molar-refractivity contribution in [1.29, 1.82) is 0 Å². The van der Waals surface area contributed by atoms with Crippen LogP contribution in [0.3, 0.4) is 0 Å². The quantitative estimate of drug-likeness (QED) is 0.781. The van der Waals surface area contributed by atoms with Crippen LogP contribution < -0.4 is 4.74 Å². The second-order valence-corrected chi connectivity index (χ2v) is 5.18. The van der Waals surface area contributed by atoms with Gasteiger partial charge in [0.15, 0.2) is 6.61 Å². The topological polar surface area (TPSA) is 55.8 Å². The minimum atomic E-state index is -0.412. The molecule has 1 atom stereocenters. The largest absolute Gasteiger partial charge is 0.484 e. The molecule has 1 amide bonds. The minimum absolute atomic E-state index is 0.168. The first-order valence-corrected chi connectivity index (χ1v) is 7.43. The molecule has 1 aromatic rings. The standard InChI is InChI=1S/C16H20FNO4/c1-2-21-16(20)12-5-4-8-18(10-12)15(19)11-22-14-7-3-6-13(17)9-14/h3,6-7,9,12H,2,4-5,8,10-11H2,1H3. The van der Waals surface area contributed by atoms with Gasteiger partial charge >= 0.3 is 5.97 Å². The highest BCUT2D eigenvalue weighted by molar-refractivity contribution is 5.79. The third-order valence-electron chi connectivity index (χ3n) is 3.55. The molecular formula is C16H20FNO4. The first-order chi connectivity index (χ1) is 10.6. The second-order valence-electron chi connectivity index (χ2n) is 5.18. The third kappa shape index (κ3) is 4.44. The summed E-state index contributed by atoms with van der Waals surface area (Å²) >= 11 is 0. The first-order valence-electron chi connectivity index (χ1n) is 7.43. The maximum atomic E-state index is 13.0. The summed E-state index contributed by atoms with van der Waals surface area (Å²) in [4.78, 5) is 25.5. The van der Waals surface area contributed by atoms with Gasteiger partial charge in [0.1, 0.15) is 11.6 Å². The summed E-state index contributed by atoms with van der Waals surface area (Å²) in [6.07, 6.45) is 1.49. The minimum Gasteiger partial charge on any atom is -0.484 e. The molecule has 1 unspecified atom stereocenters. The average molecular weight is 309 g/mol. The van der Waals surface area contributed by atoms with Gasteiger partial charge in [0, 0.05) is 19.2 Å². The molecule has 0 bridgehead atoms. The molecule has 0 radical (unpaired) electrons. The summed E-state index contributed by atoms with van der Waals surface area (Å²) < 4.78 is 23.3. The number of carbonyl (C=O) groups is 2. The highest BCUT2D eigenvalue weighted by Gasteiger charge is 2.29. The zero-order valence-corrected chi connectivity index (χ0v) is 12.6. The Morgan fingerprint density at radius 3 is 2.95 bits per heavy atom. The van der Waals surface area contributed by atoms with Crippen molar-refractivity contribution in [2.75, 3.05) is 26.3 Å².